The highest BCUT2D eigenvalue weighted by atomic mass is 32.2. The van der Waals surface area contributed by atoms with Gasteiger partial charge in [0, 0.05) is 29.9 Å². The lowest BCUT2D eigenvalue weighted by Crippen LogP contribution is -2.29. The fourth-order valence-corrected chi connectivity index (χ4v) is 4.65. The lowest BCUT2D eigenvalue weighted by Gasteiger charge is -2.33. The molecule has 9 nitrogen and oxygen atoms in total. The van der Waals surface area contributed by atoms with E-state index in [1.165, 1.54) is 31.5 Å². The molecule has 0 fully saturated rings. The minimum atomic E-state index is -6.08. The lowest BCUT2D eigenvalue weighted by atomic mass is 9.87. The molecule has 13 heteroatoms. The van der Waals surface area contributed by atoms with Crippen LogP contribution in [0, 0.1) is 5.92 Å². The first-order valence-corrected chi connectivity index (χ1v) is 12.6. The molecule has 202 valence electrons. The minimum Gasteiger partial charge on any atom is -0.497 e. The fraction of sp³-hybridized carbons (Fsp3) is 0.280. The molecule has 1 aliphatic heterocycles. The van der Waals surface area contributed by atoms with Gasteiger partial charge in [0.25, 0.3) is 0 Å². The summed E-state index contributed by atoms with van der Waals surface area (Å²) in [6, 6.07) is 9.23. The van der Waals surface area contributed by atoms with E-state index >= 15 is 0 Å². The van der Waals surface area contributed by atoms with Crippen LogP contribution in [0.3, 0.4) is 0 Å². The third kappa shape index (κ3) is 5.05. The van der Waals surface area contributed by atoms with E-state index in [9.17, 15) is 36.3 Å². The summed E-state index contributed by atoms with van der Waals surface area (Å²) >= 11 is 0. The number of alkyl halides is 3. The van der Waals surface area contributed by atoms with Crippen LogP contribution in [-0.2, 0) is 16.5 Å². The Kier molecular flexibility index (Phi) is 6.91. The standard InChI is InChI=1S/C25H22F3NO8S/c1-13(2)19-7-14-8-22(36-16-6-4-5-15(9-16)35-3)23(37-38(33,34)25(26,27)28)10-17(14)20-11-21(30)18(24(31)32)12-29(19)20/h4-6,8-13,19H,7H2,1-3H3,(H,31,32). The quantitative estimate of drug-likeness (QED) is 0.321. The number of aromatic nitrogens is 1. The Morgan fingerprint density at radius 3 is 2.39 bits per heavy atom. The molecule has 2 aromatic carbocycles. The number of hydrogen-bond acceptors (Lipinski definition) is 7. The van der Waals surface area contributed by atoms with Gasteiger partial charge in [-0.1, -0.05) is 19.9 Å². The molecule has 0 radical (unpaired) electrons. The van der Waals surface area contributed by atoms with Crippen LogP contribution in [-0.4, -0.2) is 36.7 Å². The molecule has 0 amide bonds. The van der Waals surface area contributed by atoms with Gasteiger partial charge in [0.2, 0.25) is 0 Å². The van der Waals surface area contributed by atoms with Gasteiger partial charge in [-0.05, 0) is 42.2 Å². The number of ether oxygens (including phenoxy) is 2. The highest BCUT2D eigenvalue weighted by Gasteiger charge is 2.49. The van der Waals surface area contributed by atoms with Gasteiger partial charge in [-0.3, -0.25) is 4.79 Å². The first-order valence-electron chi connectivity index (χ1n) is 11.2. The Morgan fingerprint density at radius 1 is 1.11 bits per heavy atom. The monoisotopic (exact) mass is 553 g/mol. The number of halogens is 3. The number of pyridine rings is 1. The molecule has 1 unspecified atom stereocenters. The van der Waals surface area contributed by atoms with E-state index in [1.54, 1.807) is 16.7 Å². The van der Waals surface area contributed by atoms with E-state index in [1.807, 2.05) is 13.8 Å². The van der Waals surface area contributed by atoms with Crippen LogP contribution in [0.15, 0.2) is 53.5 Å². The average Bonchev–Trinajstić information content (AvgIpc) is 2.82. The normalized spacial score (nSPS) is 15.0. The molecule has 0 saturated heterocycles. The number of hydrogen-bond donors (Lipinski definition) is 1. The lowest BCUT2D eigenvalue weighted by molar-refractivity contribution is -0.0500. The zero-order valence-corrected chi connectivity index (χ0v) is 21.1. The van der Waals surface area contributed by atoms with Gasteiger partial charge in [-0.15, -0.1) is 0 Å². The van der Waals surface area contributed by atoms with Gasteiger partial charge in [0.15, 0.2) is 16.9 Å². The summed E-state index contributed by atoms with van der Waals surface area (Å²) in [7, 11) is -4.68. The SMILES string of the molecule is COc1cccc(Oc2cc3c(cc2OS(=O)(=O)C(F)(F)F)-c2cc(=O)c(C(=O)O)cn2C(C(C)C)C3)c1. The van der Waals surface area contributed by atoms with Gasteiger partial charge >= 0.3 is 21.6 Å². The molecule has 4 rings (SSSR count). The van der Waals surface area contributed by atoms with Crippen LogP contribution in [0.2, 0.25) is 0 Å². The molecule has 1 aliphatic rings. The molecular formula is C25H22F3NO8S. The second-order valence-electron chi connectivity index (χ2n) is 8.88. The Morgan fingerprint density at radius 2 is 1.79 bits per heavy atom. The molecular weight excluding hydrogens is 531 g/mol. The van der Waals surface area contributed by atoms with Crippen molar-refractivity contribution in [3.63, 3.8) is 0 Å². The van der Waals surface area contributed by atoms with E-state index < -0.39 is 38.3 Å². The van der Waals surface area contributed by atoms with Crippen LogP contribution < -0.4 is 19.1 Å². The van der Waals surface area contributed by atoms with Crippen molar-refractivity contribution in [1.82, 2.24) is 4.57 Å². The van der Waals surface area contributed by atoms with E-state index in [4.69, 9.17) is 9.47 Å². The van der Waals surface area contributed by atoms with Crippen molar-refractivity contribution in [3.8, 4) is 34.3 Å². The van der Waals surface area contributed by atoms with Crippen LogP contribution in [0.25, 0.3) is 11.3 Å². The van der Waals surface area contributed by atoms with Gasteiger partial charge in [-0.25, -0.2) is 4.79 Å². The number of nitrogens with zero attached hydrogens (tertiary/aromatic N) is 1. The minimum absolute atomic E-state index is 0.0460. The van der Waals surface area contributed by atoms with E-state index in [-0.39, 0.29) is 41.1 Å². The first kappa shape index (κ1) is 27.0. The fourth-order valence-electron chi connectivity index (χ4n) is 4.19. The summed E-state index contributed by atoms with van der Waals surface area (Å²) in [4.78, 5) is 24.1. The van der Waals surface area contributed by atoms with Gasteiger partial charge < -0.3 is 23.3 Å². The molecule has 1 N–H and O–H groups in total. The number of methoxy groups -OCH3 is 1. The average molecular weight is 554 g/mol. The smallest absolute Gasteiger partial charge is 0.497 e. The zero-order chi connectivity index (χ0) is 28.0. The predicted molar refractivity (Wildman–Crippen MR) is 129 cm³/mol. The van der Waals surface area contributed by atoms with Crippen LogP contribution in [0.4, 0.5) is 13.2 Å². The third-order valence-corrected chi connectivity index (χ3v) is 7.03. The second-order valence-corrected chi connectivity index (χ2v) is 10.4. The van der Waals surface area contributed by atoms with E-state index in [0.29, 0.717) is 11.3 Å². The van der Waals surface area contributed by atoms with Crippen molar-refractivity contribution >= 4 is 16.1 Å². The zero-order valence-electron chi connectivity index (χ0n) is 20.3. The number of carbonyl (C=O) groups is 1. The topological polar surface area (TPSA) is 121 Å². The van der Waals surface area contributed by atoms with E-state index in [0.717, 1.165) is 12.1 Å². The Balaban J connectivity index is 1.95. The summed E-state index contributed by atoms with van der Waals surface area (Å²) < 4.78 is 80.3. The largest absolute Gasteiger partial charge is 0.534 e. The van der Waals surface area contributed by atoms with Crippen molar-refractivity contribution < 1.29 is 45.1 Å². The number of benzene rings is 2. The molecule has 1 aromatic heterocycles. The van der Waals surface area contributed by atoms with Gasteiger partial charge in [0.05, 0.1) is 12.8 Å². The Labute approximate surface area is 215 Å². The maximum Gasteiger partial charge on any atom is 0.534 e. The second kappa shape index (κ2) is 9.71. The predicted octanol–water partition coefficient (Wildman–Crippen LogP) is 5.00. The first-order chi connectivity index (χ1) is 17.7. The molecule has 0 saturated carbocycles. The summed E-state index contributed by atoms with van der Waals surface area (Å²) in [6.45, 7) is 3.78. The Bertz CT molecular complexity index is 1580. The maximum absolute atomic E-state index is 13.2. The highest BCUT2D eigenvalue weighted by molar-refractivity contribution is 7.88. The van der Waals surface area contributed by atoms with Crippen molar-refractivity contribution in [2.75, 3.05) is 7.11 Å². The molecule has 38 heavy (non-hydrogen) atoms. The van der Waals surface area contributed by atoms with Crippen molar-refractivity contribution in [2.24, 2.45) is 5.92 Å². The molecule has 0 bridgehead atoms. The third-order valence-electron chi connectivity index (χ3n) is 6.06. The van der Waals surface area contributed by atoms with Crippen LogP contribution in [0.1, 0.15) is 35.8 Å². The van der Waals surface area contributed by atoms with Gasteiger partial charge in [-0.2, -0.15) is 21.6 Å². The summed E-state index contributed by atoms with van der Waals surface area (Å²) in [5.74, 6) is -2.04. The highest BCUT2D eigenvalue weighted by Crippen LogP contribution is 2.45. The van der Waals surface area contributed by atoms with Crippen LogP contribution >= 0.6 is 0 Å². The molecule has 3 aromatic rings. The van der Waals surface area contributed by atoms with Crippen LogP contribution in [0.5, 0.6) is 23.0 Å². The molecule has 2 heterocycles. The summed E-state index contributed by atoms with van der Waals surface area (Å²) in [5.41, 5.74) is -6.09. The van der Waals surface area contributed by atoms with E-state index in [2.05, 4.69) is 4.18 Å². The number of carboxylic acid groups (broad SMARTS) is 1. The molecule has 0 aliphatic carbocycles. The number of carboxylic acids is 1. The van der Waals surface area contributed by atoms with Gasteiger partial charge in [0.1, 0.15) is 17.1 Å². The summed E-state index contributed by atoms with van der Waals surface area (Å²) in [5, 5.41) is 9.42. The van der Waals surface area contributed by atoms with Crippen molar-refractivity contribution in [1.29, 1.82) is 0 Å². The Hall–Kier alpha value is -4.00. The number of rotatable bonds is 7. The summed E-state index contributed by atoms with van der Waals surface area (Å²) in [6.07, 6.45) is 1.46. The molecule has 0 spiro atoms. The number of fused-ring (bicyclic) bond motifs is 3. The van der Waals surface area contributed by atoms with Crippen molar-refractivity contribution in [2.45, 2.75) is 31.8 Å². The maximum atomic E-state index is 13.2. The number of aromatic carboxylic acids is 1. The molecule has 1 atom stereocenters. The van der Waals surface area contributed by atoms with Crippen molar-refractivity contribution in [3.05, 3.63) is 70.0 Å².